The Morgan fingerprint density at radius 2 is 2.00 bits per heavy atom. The van der Waals surface area contributed by atoms with E-state index in [2.05, 4.69) is 15.9 Å². The number of fused-ring (bicyclic) bond motifs is 1. The van der Waals surface area contributed by atoms with Crippen LogP contribution in [0.3, 0.4) is 0 Å². The smallest absolute Gasteiger partial charge is 0.264 e. The summed E-state index contributed by atoms with van der Waals surface area (Å²) in [5.41, 5.74) is 1.11. The maximum absolute atomic E-state index is 13.3. The molecule has 0 unspecified atom stereocenters. The van der Waals surface area contributed by atoms with Crippen molar-refractivity contribution >= 4 is 33.3 Å². The van der Waals surface area contributed by atoms with Gasteiger partial charge in [0.05, 0.1) is 24.9 Å². The van der Waals surface area contributed by atoms with E-state index < -0.39 is 17.3 Å². The summed E-state index contributed by atoms with van der Waals surface area (Å²) >= 11 is 3.39. The minimum atomic E-state index is -1.94. The van der Waals surface area contributed by atoms with Crippen LogP contribution >= 0.6 is 15.9 Å². The molecule has 0 spiro atoms. The van der Waals surface area contributed by atoms with E-state index >= 15 is 0 Å². The molecule has 2 heterocycles. The van der Waals surface area contributed by atoms with Gasteiger partial charge in [0.15, 0.2) is 11.4 Å². The van der Waals surface area contributed by atoms with Crippen molar-refractivity contribution in [3.63, 3.8) is 0 Å². The van der Waals surface area contributed by atoms with E-state index in [0.717, 1.165) is 15.6 Å². The van der Waals surface area contributed by atoms with Gasteiger partial charge in [-0.1, -0.05) is 45.8 Å². The van der Waals surface area contributed by atoms with Crippen LogP contribution in [0.4, 0.5) is 5.69 Å². The first-order valence-corrected chi connectivity index (χ1v) is 9.64. The second-order valence-corrected chi connectivity index (χ2v) is 7.90. The van der Waals surface area contributed by atoms with Crippen LogP contribution in [0, 0.1) is 6.92 Å². The Bertz CT molecular complexity index is 1060. The van der Waals surface area contributed by atoms with Crippen LogP contribution < -0.4 is 4.90 Å². The minimum absolute atomic E-state index is 0.120. The van der Waals surface area contributed by atoms with Gasteiger partial charge in [-0.05, 0) is 42.8 Å². The highest BCUT2D eigenvalue weighted by atomic mass is 79.9. The molecule has 0 bridgehead atoms. The Kier molecular flexibility index (Phi) is 4.69. The molecule has 6 heteroatoms. The number of benzene rings is 2. The standard InChI is InChI=1S/C22H18BrNO4/c1-14-4-2-5-15(10-14)13-24-18-8-7-16(23)11-17(18)22(27,21(24)26)12-19(25)20-6-3-9-28-20/h2-11,27H,12-13H2,1H3/t22-/m1/s1. The van der Waals surface area contributed by atoms with Crippen LogP contribution in [-0.4, -0.2) is 16.8 Å². The summed E-state index contributed by atoms with van der Waals surface area (Å²) in [4.78, 5) is 27.4. The van der Waals surface area contributed by atoms with Gasteiger partial charge < -0.3 is 14.4 Å². The van der Waals surface area contributed by atoms with E-state index in [1.807, 2.05) is 37.3 Å². The lowest BCUT2D eigenvalue weighted by Crippen LogP contribution is -2.41. The average Bonchev–Trinajstić information content (AvgIpc) is 3.26. The van der Waals surface area contributed by atoms with Crippen LogP contribution in [0.25, 0.3) is 0 Å². The Morgan fingerprint density at radius 1 is 1.18 bits per heavy atom. The molecular formula is C22H18BrNO4. The molecular weight excluding hydrogens is 422 g/mol. The molecule has 2 aromatic carbocycles. The Morgan fingerprint density at radius 3 is 2.71 bits per heavy atom. The van der Waals surface area contributed by atoms with Crippen molar-refractivity contribution < 1.29 is 19.1 Å². The summed E-state index contributed by atoms with van der Waals surface area (Å²) in [6.45, 7) is 2.30. The van der Waals surface area contributed by atoms with Crippen LogP contribution in [0.15, 0.2) is 69.8 Å². The molecule has 4 rings (SSSR count). The van der Waals surface area contributed by atoms with Gasteiger partial charge in [0.2, 0.25) is 5.78 Å². The molecule has 1 N–H and O–H groups in total. The lowest BCUT2D eigenvalue weighted by atomic mass is 9.89. The van der Waals surface area contributed by atoms with Crippen LogP contribution in [-0.2, 0) is 16.9 Å². The summed E-state index contributed by atoms with van der Waals surface area (Å²) < 4.78 is 5.86. The van der Waals surface area contributed by atoms with Crippen LogP contribution in [0.5, 0.6) is 0 Å². The molecule has 1 aliphatic rings. The summed E-state index contributed by atoms with van der Waals surface area (Å²) in [7, 11) is 0. The van der Waals surface area contributed by atoms with E-state index in [9.17, 15) is 14.7 Å². The van der Waals surface area contributed by atoms with Gasteiger partial charge in [0.25, 0.3) is 5.91 Å². The number of hydrogen-bond acceptors (Lipinski definition) is 4. The maximum Gasteiger partial charge on any atom is 0.264 e. The first-order chi connectivity index (χ1) is 13.4. The highest BCUT2D eigenvalue weighted by Gasteiger charge is 2.51. The molecule has 28 heavy (non-hydrogen) atoms. The number of Topliss-reactive ketones (excluding diaryl/α,β-unsaturated/α-hetero) is 1. The molecule has 0 aliphatic carbocycles. The Balaban J connectivity index is 1.73. The van der Waals surface area contributed by atoms with E-state index in [0.29, 0.717) is 17.8 Å². The summed E-state index contributed by atoms with van der Waals surface area (Å²) in [6, 6.07) is 16.3. The first kappa shape index (κ1) is 18.7. The molecule has 1 amide bonds. The zero-order valence-electron chi connectivity index (χ0n) is 15.2. The zero-order valence-corrected chi connectivity index (χ0v) is 16.8. The third kappa shape index (κ3) is 3.19. The number of anilines is 1. The second-order valence-electron chi connectivity index (χ2n) is 6.98. The predicted molar refractivity (Wildman–Crippen MR) is 108 cm³/mol. The molecule has 3 aromatic rings. The fourth-order valence-electron chi connectivity index (χ4n) is 3.60. The average molecular weight is 440 g/mol. The van der Waals surface area contributed by atoms with Crippen LogP contribution in [0.1, 0.15) is 33.7 Å². The summed E-state index contributed by atoms with van der Waals surface area (Å²) in [6.07, 6.45) is 1.01. The second kappa shape index (κ2) is 7.04. The van der Waals surface area contributed by atoms with Crippen molar-refractivity contribution in [2.45, 2.75) is 25.5 Å². The number of ketones is 1. The van der Waals surface area contributed by atoms with Crippen molar-refractivity contribution in [2.24, 2.45) is 0 Å². The summed E-state index contributed by atoms with van der Waals surface area (Å²) in [5.74, 6) is -0.818. The molecule has 1 aliphatic heterocycles. The predicted octanol–water partition coefficient (Wildman–Crippen LogP) is 4.36. The molecule has 0 fully saturated rings. The molecule has 0 saturated carbocycles. The number of carbonyl (C=O) groups is 2. The Labute approximate surface area is 170 Å². The van der Waals surface area contributed by atoms with E-state index in [1.54, 1.807) is 18.2 Å². The number of carbonyl (C=O) groups excluding carboxylic acids is 2. The van der Waals surface area contributed by atoms with Gasteiger partial charge in [-0.2, -0.15) is 0 Å². The number of rotatable bonds is 5. The largest absolute Gasteiger partial charge is 0.461 e. The quantitative estimate of drug-likeness (QED) is 0.599. The van der Waals surface area contributed by atoms with Crippen molar-refractivity contribution in [3.05, 3.63) is 87.8 Å². The topological polar surface area (TPSA) is 70.8 Å². The normalized spacial score (nSPS) is 18.4. The monoisotopic (exact) mass is 439 g/mol. The lowest BCUT2D eigenvalue weighted by molar-refractivity contribution is -0.136. The molecule has 5 nitrogen and oxygen atoms in total. The van der Waals surface area contributed by atoms with Crippen LogP contribution in [0.2, 0.25) is 0 Å². The number of nitrogens with zero attached hydrogens (tertiary/aromatic N) is 1. The van der Waals surface area contributed by atoms with Gasteiger partial charge in [-0.15, -0.1) is 0 Å². The zero-order chi connectivity index (χ0) is 19.9. The number of halogens is 1. The lowest BCUT2D eigenvalue weighted by Gasteiger charge is -2.22. The van der Waals surface area contributed by atoms with Crippen molar-refractivity contribution in [1.29, 1.82) is 0 Å². The SMILES string of the molecule is Cc1cccc(CN2C(=O)[C@@](O)(CC(=O)c3ccco3)c3cc(Br)ccc32)c1. The van der Waals surface area contributed by atoms with Gasteiger partial charge in [0, 0.05) is 10.0 Å². The van der Waals surface area contributed by atoms with Crippen molar-refractivity contribution in [3.8, 4) is 0 Å². The number of aryl methyl sites for hydroxylation is 1. The molecule has 0 saturated heterocycles. The highest BCUT2D eigenvalue weighted by molar-refractivity contribution is 9.10. The van der Waals surface area contributed by atoms with E-state index in [1.165, 1.54) is 17.2 Å². The molecule has 0 radical (unpaired) electrons. The molecule has 142 valence electrons. The van der Waals surface area contributed by atoms with Gasteiger partial charge in [0.1, 0.15) is 0 Å². The number of amides is 1. The molecule has 1 atom stereocenters. The van der Waals surface area contributed by atoms with Crippen molar-refractivity contribution in [2.75, 3.05) is 4.90 Å². The fourth-order valence-corrected chi connectivity index (χ4v) is 3.96. The van der Waals surface area contributed by atoms with E-state index in [-0.39, 0.29) is 12.2 Å². The third-order valence-corrected chi connectivity index (χ3v) is 5.42. The van der Waals surface area contributed by atoms with Crippen molar-refractivity contribution in [1.82, 2.24) is 0 Å². The first-order valence-electron chi connectivity index (χ1n) is 8.85. The maximum atomic E-state index is 13.3. The fraction of sp³-hybridized carbons (Fsp3) is 0.182. The van der Waals surface area contributed by atoms with E-state index in [4.69, 9.17) is 4.42 Å². The highest BCUT2D eigenvalue weighted by Crippen LogP contribution is 2.44. The number of furan rings is 1. The van der Waals surface area contributed by atoms with Gasteiger partial charge >= 0.3 is 0 Å². The van der Waals surface area contributed by atoms with Gasteiger partial charge in [-0.25, -0.2) is 0 Å². The van der Waals surface area contributed by atoms with Gasteiger partial charge in [-0.3, -0.25) is 9.59 Å². The number of hydrogen-bond donors (Lipinski definition) is 1. The minimum Gasteiger partial charge on any atom is -0.461 e. The summed E-state index contributed by atoms with van der Waals surface area (Å²) in [5, 5.41) is 11.3. The molecule has 1 aromatic heterocycles. The third-order valence-electron chi connectivity index (χ3n) is 4.93. The Hall–Kier alpha value is -2.70. The number of aliphatic hydroxyl groups is 1.